The molecule has 0 bridgehead atoms. The number of hydrogen-bond acceptors (Lipinski definition) is 3. The van der Waals surface area contributed by atoms with Crippen LogP contribution < -0.4 is 10.5 Å². The first kappa shape index (κ1) is 15.6. The van der Waals surface area contributed by atoms with Crippen LogP contribution in [0.5, 0.6) is 5.75 Å². The lowest BCUT2D eigenvalue weighted by Gasteiger charge is -2.13. The molecule has 0 aliphatic heterocycles. The number of nitrogens with two attached hydrogens (primary N) is 1. The van der Waals surface area contributed by atoms with Gasteiger partial charge in [0.2, 0.25) is 0 Å². The smallest absolute Gasteiger partial charge is 0.119 e. The van der Waals surface area contributed by atoms with Gasteiger partial charge in [0.15, 0.2) is 0 Å². The number of rotatable bonds is 6. The molecule has 0 saturated carbocycles. The number of hydrogen-bond donors (Lipinski definition) is 1. The molecule has 0 saturated heterocycles. The van der Waals surface area contributed by atoms with Gasteiger partial charge in [-0.15, -0.1) is 0 Å². The van der Waals surface area contributed by atoms with Crippen LogP contribution in [0.2, 0.25) is 0 Å². The predicted octanol–water partition coefficient (Wildman–Crippen LogP) is 3.07. The molecule has 0 amide bonds. The van der Waals surface area contributed by atoms with E-state index in [1.165, 1.54) is 11.3 Å². The second kappa shape index (κ2) is 6.76. The van der Waals surface area contributed by atoms with Gasteiger partial charge in [0, 0.05) is 18.8 Å². The van der Waals surface area contributed by atoms with Crippen LogP contribution in [0.4, 0.5) is 0 Å². The zero-order valence-corrected chi connectivity index (χ0v) is 13.4. The fourth-order valence-electron chi connectivity index (χ4n) is 2.65. The average Bonchev–Trinajstić information content (AvgIpc) is 2.70. The number of aryl methyl sites for hydroxylation is 2. The SMILES string of the molecule is CCOc1cccc(C(N)CCc2c(C)nn(C)c2C)c1. The normalized spacial score (nSPS) is 12.4. The first-order valence-corrected chi connectivity index (χ1v) is 7.50. The molecule has 4 nitrogen and oxygen atoms in total. The van der Waals surface area contributed by atoms with Gasteiger partial charge in [-0.3, -0.25) is 4.68 Å². The Morgan fingerprint density at radius 1 is 1.33 bits per heavy atom. The van der Waals surface area contributed by atoms with Gasteiger partial charge < -0.3 is 10.5 Å². The lowest BCUT2D eigenvalue weighted by Crippen LogP contribution is -2.12. The molecule has 1 aromatic heterocycles. The van der Waals surface area contributed by atoms with E-state index in [1.54, 1.807) is 0 Å². The maximum Gasteiger partial charge on any atom is 0.119 e. The van der Waals surface area contributed by atoms with E-state index in [0.29, 0.717) is 6.61 Å². The van der Waals surface area contributed by atoms with Crippen molar-refractivity contribution in [3.05, 3.63) is 46.8 Å². The highest BCUT2D eigenvalue weighted by molar-refractivity contribution is 5.31. The van der Waals surface area contributed by atoms with Crippen LogP contribution in [0.15, 0.2) is 24.3 Å². The molecule has 0 fully saturated rings. The predicted molar refractivity (Wildman–Crippen MR) is 85.5 cm³/mol. The van der Waals surface area contributed by atoms with Crippen molar-refractivity contribution >= 4 is 0 Å². The van der Waals surface area contributed by atoms with Crippen LogP contribution in [0.1, 0.15) is 41.9 Å². The highest BCUT2D eigenvalue weighted by Crippen LogP contribution is 2.23. The Morgan fingerprint density at radius 2 is 2.10 bits per heavy atom. The van der Waals surface area contributed by atoms with Crippen molar-refractivity contribution in [2.24, 2.45) is 12.8 Å². The van der Waals surface area contributed by atoms with Gasteiger partial charge in [0.05, 0.1) is 12.3 Å². The molecule has 2 rings (SSSR count). The lowest BCUT2D eigenvalue weighted by molar-refractivity contribution is 0.339. The summed E-state index contributed by atoms with van der Waals surface area (Å²) >= 11 is 0. The second-order valence-electron chi connectivity index (χ2n) is 5.42. The Kier molecular flexibility index (Phi) is 5.02. The highest BCUT2D eigenvalue weighted by atomic mass is 16.5. The third-order valence-corrected chi connectivity index (χ3v) is 3.96. The monoisotopic (exact) mass is 287 g/mol. The summed E-state index contributed by atoms with van der Waals surface area (Å²) in [5, 5.41) is 4.46. The minimum Gasteiger partial charge on any atom is -0.494 e. The summed E-state index contributed by atoms with van der Waals surface area (Å²) in [6.07, 6.45) is 1.86. The molecule has 0 spiro atoms. The first-order chi connectivity index (χ1) is 10.0. The van der Waals surface area contributed by atoms with Crippen molar-refractivity contribution in [2.75, 3.05) is 6.61 Å². The molecular formula is C17H25N3O. The Labute approximate surface area is 126 Å². The van der Waals surface area contributed by atoms with Gasteiger partial charge in [-0.1, -0.05) is 12.1 Å². The van der Waals surface area contributed by atoms with Gasteiger partial charge in [-0.05, 0) is 56.9 Å². The summed E-state index contributed by atoms with van der Waals surface area (Å²) in [5.41, 5.74) is 11.1. The highest BCUT2D eigenvalue weighted by Gasteiger charge is 2.12. The average molecular weight is 287 g/mol. The lowest BCUT2D eigenvalue weighted by atomic mass is 9.99. The van der Waals surface area contributed by atoms with E-state index in [4.69, 9.17) is 10.5 Å². The van der Waals surface area contributed by atoms with E-state index >= 15 is 0 Å². The van der Waals surface area contributed by atoms with E-state index in [0.717, 1.165) is 29.8 Å². The minimum absolute atomic E-state index is 0.0180. The van der Waals surface area contributed by atoms with Crippen LogP contribution >= 0.6 is 0 Å². The molecular weight excluding hydrogens is 262 g/mol. The van der Waals surface area contributed by atoms with Gasteiger partial charge in [0.25, 0.3) is 0 Å². The molecule has 0 aliphatic carbocycles. The maximum absolute atomic E-state index is 6.33. The fraction of sp³-hybridized carbons (Fsp3) is 0.471. The summed E-state index contributed by atoms with van der Waals surface area (Å²) in [6.45, 7) is 6.83. The fourth-order valence-corrected chi connectivity index (χ4v) is 2.65. The molecule has 21 heavy (non-hydrogen) atoms. The topological polar surface area (TPSA) is 53.1 Å². The zero-order chi connectivity index (χ0) is 15.4. The summed E-state index contributed by atoms with van der Waals surface area (Å²) < 4.78 is 7.47. The van der Waals surface area contributed by atoms with Crippen LogP contribution in [-0.4, -0.2) is 16.4 Å². The molecule has 0 aliphatic rings. The third kappa shape index (κ3) is 3.64. The largest absolute Gasteiger partial charge is 0.494 e. The summed E-state index contributed by atoms with van der Waals surface area (Å²) in [5.74, 6) is 0.888. The van der Waals surface area contributed by atoms with Gasteiger partial charge in [-0.2, -0.15) is 5.10 Å². The molecule has 1 aromatic carbocycles. The Balaban J connectivity index is 2.04. The number of aromatic nitrogens is 2. The summed E-state index contributed by atoms with van der Waals surface area (Å²) in [6, 6.07) is 8.09. The molecule has 2 N–H and O–H groups in total. The zero-order valence-electron chi connectivity index (χ0n) is 13.4. The van der Waals surface area contributed by atoms with E-state index in [-0.39, 0.29) is 6.04 Å². The van der Waals surface area contributed by atoms with E-state index < -0.39 is 0 Å². The Morgan fingerprint density at radius 3 is 2.71 bits per heavy atom. The van der Waals surface area contributed by atoms with Crippen LogP contribution in [0, 0.1) is 13.8 Å². The molecule has 1 heterocycles. The van der Waals surface area contributed by atoms with Crippen LogP contribution in [0.25, 0.3) is 0 Å². The molecule has 1 atom stereocenters. The van der Waals surface area contributed by atoms with Crippen molar-refractivity contribution in [3.8, 4) is 5.75 Å². The van der Waals surface area contributed by atoms with E-state index in [9.17, 15) is 0 Å². The molecule has 2 aromatic rings. The Bertz CT molecular complexity index is 604. The second-order valence-corrected chi connectivity index (χ2v) is 5.42. The van der Waals surface area contributed by atoms with E-state index in [2.05, 4.69) is 25.0 Å². The van der Waals surface area contributed by atoms with Crippen molar-refractivity contribution in [1.29, 1.82) is 0 Å². The molecule has 114 valence electrons. The first-order valence-electron chi connectivity index (χ1n) is 7.50. The number of benzene rings is 1. The van der Waals surface area contributed by atoms with Crippen LogP contribution in [0.3, 0.4) is 0 Å². The van der Waals surface area contributed by atoms with Crippen molar-refractivity contribution in [2.45, 2.75) is 39.7 Å². The van der Waals surface area contributed by atoms with Crippen molar-refractivity contribution in [3.63, 3.8) is 0 Å². The van der Waals surface area contributed by atoms with Crippen molar-refractivity contribution < 1.29 is 4.74 Å². The molecule has 0 radical (unpaired) electrons. The molecule has 4 heteroatoms. The van der Waals surface area contributed by atoms with Gasteiger partial charge >= 0.3 is 0 Å². The molecule has 1 unspecified atom stereocenters. The van der Waals surface area contributed by atoms with Crippen molar-refractivity contribution in [1.82, 2.24) is 9.78 Å². The van der Waals surface area contributed by atoms with Gasteiger partial charge in [-0.25, -0.2) is 0 Å². The van der Waals surface area contributed by atoms with Gasteiger partial charge in [0.1, 0.15) is 5.75 Å². The standard InChI is InChI=1S/C17H25N3O/c1-5-21-15-8-6-7-14(11-15)17(18)10-9-16-12(2)19-20(4)13(16)3/h6-8,11,17H,5,9-10,18H2,1-4H3. The number of ether oxygens (including phenoxy) is 1. The quantitative estimate of drug-likeness (QED) is 0.888. The minimum atomic E-state index is 0.0180. The van der Waals surface area contributed by atoms with E-state index in [1.807, 2.05) is 36.9 Å². The third-order valence-electron chi connectivity index (χ3n) is 3.96. The Hall–Kier alpha value is -1.81. The van der Waals surface area contributed by atoms with Crippen LogP contribution in [-0.2, 0) is 13.5 Å². The summed E-state index contributed by atoms with van der Waals surface area (Å²) in [4.78, 5) is 0. The number of nitrogens with zero attached hydrogens (tertiary/aromatic N) is 2. The summed E-state index contributed by atoms with van der Waals surface area (Å²) in [7, 11) is 1.98. The maximum atomic E-state index is 6.33.